The van der Waals surface area contributed by atoms with E-state index in [0.717, 1.165) is 35.4 Å². The summed E-state index contributed by atoms with van der Waals surface area (Å²) in [7, 11) is 0. The molecule has 0 saturated carbocycles. The van der Waals surface area contributed by atoms with Gasteiger partial charge in [0, 0.05) is 23.4 Å². The van der Waals surface area contributed by atoms with Gasteiger partial charge in [-0.25, -0.2) is 0 Å². The molecule has 0 spiro atoms. The molecule has 0 aliphatic rings. The Morgan fingerprint density at radius 3 is 2.68 bits per heavy atom. The lowest BCUT2D eigenvalue weighted by atomic mass is 10.1. The van der Waals surface area contributed by atoms with Gasteiger partial charge in [-0.15, -0.1) is 0 Å². The summed E-state index contributed by atoms with van der Waals surface area (Å²) in [6, 6.07) is 13.2. The summed E-state index contributed by atoms with van der Waals surface area (Å²) in [4.78, 5) is 12.5. The Balaban J connectivity index is 2.12. The predicted molar refractivity (Wildman–Crippen MR) is 101 cm³/mol. The number of hydrogen-bond acceptors (Lipinski definition) is 3. The molecule has 0 unspecified atom stereocenters. The highest BCUT2D eigenvalue weighted by molar-refractivity contribution is 6.04. The van der Waals surface area contributed by atoms with Gasteiger partial charge in [-0.05, 0) is 56.2 Å². The monoisotopic (exact) mass is 341 g/mol. The van der Waals surface area contributed by atoms with Crippen molar-refractivity contribution in [2.24, 2.45) is 0 Å². The second-order valence-corrected chi connectivity index (χ2v) is 5.99. The van der Waals surface area contributed by atoms with Crippen molar-refractivity contribution < 1.29 is 14.3 Å². The molecule has 0 saturated heterocycles. The van der Waals surface area contributed by atoms with Crippen LogP contribution in [0.5, 0.6) is 5.75 Å². The zero-order chi connectivity index (χ0) is 18.1. The Hall–Kier alpha value is -2.33. The first-order valence-corrected chi connectivity index (χ1v) is 8.85. The minimum absolute atomic E-state index is 0.136. The molecule has 4 heteroatoms. The first kappa shape index (κ1) is 19.0. The van der Waals surface area contributed by atoms with Gasteiger partial charge in [0.25, 0.3) is 5.91 Å². The fraction of sp³-hybridized carbons (Fsp3) is 0.381. The van der Waals surface area contributed by atoms with Crippen LogP contribution in [0.1, 0.15) is 48.2 Å². The summed E-state index contributed by atoms with van der Waals surface area (Å²) in [6.45, 7) is 7.81. The average Bonchev–Trinajstić information content (AvgIpc) is 2.60. The normalized spacial score (nSPS) is 10.5. The van der Waals surface area contributed by atoms with E-state index in [0.29, 0.717) is 25.4 Å². The van der Waals surface area contributed by atoms with Crippen LogP contribution in [0.3, 0.4) is 0 Å². The van der Waals surface area contributed by atoms with Crippen molar-refractivity contribution in [2.45, 2.75) is 40.2 Å². The Morgan fingerprint density at radius 2 is 1.96 bits per heavy atom. The third-order valence-electron chi connectivity index (χ3n) is 3.80. The van der Waals surface area contributed by atoms with Crippen LogP contribution in [0.25, 0.3) is 0 Å². The van der Waals surface area contributed by atoms with Gasteiger partial charge < -0.3 is 14.8 Å². The first-order chi connectivity index (χ1) is 12.1. The van der Waals surface area contributed by atoms with E-state index >= 15 is 0 Å². The fourth-order valence-electron chi connectivity index (χ4n) is 2.48. The largest absolute Gasteiger partial charge is 0.494 e. The van der Waals surface area contributed by atoms with Crippen molar-refractivity contribution in [3.8, 4) is 5.75 Å². The maximum absolute atomic E-state index is 12.5. The van der Waals surface area contributed by atoms with Gasteiger partial charge >= 0.3 is 0 Å². The third kappa shape index (κ3) is 5.91. The topological polar surface area (TPSA) is 47.6 Å². The summed E-state index contributed by atoms with van der Waals surface area (Å²) in [5.41, 5.74) is 3.39. The van der Waals surface area contributed by atoms with Crippen LogP contribution in [0.2, 0.25) is 0 Å². The SMILES string of the molecule is CCCCOCc1cc(C(=O)Nc2cccc(C)c2)ccc1OCC. The van der Waals surface area contributed by atoms with Crippen LogP contribution < -0.4 is 10.1 Å². The highest BCUT2D eigenvalue weighted by Gasteiger charge is 2.11. The predicted octanol–water partition coefficient (Wildman–Crippen LogP) is 4.96. The number of hydrogen-bond donors (Lipinski definition) is 1. The molecule has 25 heavy (non-hydrogen) atoms. The van der Waals surface area contributed by atoms with E-state index in [4.69, 9.17) is 9.47 Å². The van der Waals surface area contributed by atoms with Crippen LogP contribution in [0.15, 0.2) is 42.5 Å². The van der Waals surface area contributed by atoms with E-state index in [1.165, 1.54) is 0 Å². The van der Waals surface area contributed by atoms with E-state index < -0.39 is 0 Å². The molecule has 0 heterocycles. The zero-order valence-electron chi connectivity index (χ0n) is 15.3. The Labute approximate surface area is 150 Å². The number of rotatable bonds is 9. The lowest BCUT2D eigenvalue weighted by molar-refractivity contribution is 0.102. The quantitative estimate of drug-likeness (QED) is 0.656. The van der Waals surface area contributed by atoms with Crippen molar-refractivity contribution >= 4 is 11.6 Å². The van der Waals surface area contributed by atoms with Crippen LogP contribution >= 0.6 is 0 Å². The molecule has 0 radical (unpaired) electrons. The van der Waals surface area contributed by atoms with Crippen molar-refractivity contribution in [1.29, 1.82) is 0 Å². The number of amides is 1. The number of nitrogens with one attached hydrogen (secondary N) is 1. The minimum atomic E-state index is -0.136. The van der Waals surface area contributed by atoms with Crippen LogP contribution in [0, 0.1) is 6.92 Å². The van der Waals surface area contributed by atoms with Gasteiger partial charge in [0.05, 0.1) is 13.2 Å². The van der Waals surface area contributed by atoms with Crippen LogP contribution in [0.4, 0.5) is 5.69 Å². The highest BCUT2D eigenvalue weighted by Crippen LogP contribution is 2.22. The molecule has 4 nitrogen and oxygen atoms in total. The van der Waals surface area contributed by atoms with Crippen LogP contribution in [-0.4, -0.2) is 19.1 Å². The Kier molecular flexibility index (Phi) is 7.48. The maximum Gasteiger partial charge on any atom is 0.255 e. The van der Waals surface area contributed by atoms with Gasteiger partial charge in [-0.2, -0.15) is 0 Å². The van der Waals surface area contributed by atoms with Gasteiger partial charge in [-0.3, -0.25) is 4.79 Å². The van der Waals surface area contributed by atoms with E-state index in [1.54, 1.807) is 6.07 Å². The number of ether oxygens (including phenoxy) is 2. The lowest BCUT2D eigenvalue weighted by Crippen LogP contribution is -2.13. The summed E-state index contributed by atoms with van der Waals surface area (Å²) in [5.74, 6) is 0.634. The van der Waals surface area contributed by atoms with E-state index in [1.807, 2.05) is 50.2 Å². The molecule has 0 aliphatic heterocycles. The smallest absolute Gasteiger partial charge is 0.255 e. The Bertz CT molecular complexity index is 697. The molecular weight excluding hydrogens is 314 g/mol. The molecule has 2 aromatic rings. The number of aryl methyl sites for hydroxylation is 1. The van der Waals surface area contributed by atoms with Crippen molar-refractivity contribution in [1.82, 2.24) is 0 Å². The highest BCUT2D eigenvalue weighted by atomic mass is 16.5. The average molecular weight is 341 g/mol. The van der Waals surface area contributed by atoms with Crippen molar-refractivity contribution in [3.63, 3.8) is 0 Å². The second-order valence-electron chi connectivity index (χ2n) is 5.99. The molecule has 0 aliphatic carbocycles. The standard InChI is InChI=1S/C21H27NO3/c1-4-6-12-24-15-18-14-17(10-11-20(18)25-5-2)21(23)22-19-9-7-8-16(3)13-19/h7-11,13-14H,4-6,12,15H2,1-3H3,(H,22,23). The number of anilines is 1. The summed E-state index contributed by atoms with van der Waals surface area (Å²) in [6.07, 6.45) is 2.12. The summed E-state index contributed by atoms with van der Waals surface area (Å²) >= 11 is 0. The van der Waals surface area contributed by atoms with Gasteiger partial charge in [0.1, 0.15) is 5.75 Å². The van der Waals surface area contributed by atoms with Crippen molar-refractivity contribution in [2.75, 3.05) is 18.5 Å². The molecule has 134 valence electrons. The molecule has 0 aromatic heterocycles. The summed E-state index contributed by atoms with van der Waals surface area (Å²) in [5, 5.41) is 2.93. The van der Waals surface area contributed by atoms with E-state index in [2.05, 4.69) is 12.2 Å². The maximum atomic E-state index is 12.5. The third-order valence-corrected chi connectivity index (χ3v) is 3.80. The fourth-order valence-corrected chi connectivity index (χ4v) is 2.48. The number of carbonyl (C=O) groups excluding carboxylic acids is 1. The number of unbranched alkanes of at least 4 members (excludes halogenated alkanes) is 1. The van der Waals surface area contributed by atoms with E-state index in [-0.39, 0.29) is 5.91 Å². The van der Waals surface area contributed by atoms with E-state index in [9.17, 15) is 4.79 Å². The Morgan fingerprint density at radius 1 is 1.12 bits per heavy atom. The summed E-state index contributed by atoms with van der Waals surface area (Å²) < 4.78 is 11.4. The molecule has 0 fully saturated rings. The first-order valence-electron chi connectivity index (χ1n) is 8.85. The van der Waals surface area contributed by atoms with Gasteiger partial charge in [-0.1, -0.05) is 25.5 Å². The van der Waals surface area contributed by atoms with Crippen molar-refractivity contribution in [3.05, 3.63) is 59.2 Å². The van der Waals surface area contributed by atoms with Gasteiger partial charge in [0.2, 0.25) is 0 Å². The molecule has 0 bridgehead atoms. The van der Waals surface area contributed by atoms with Gasteiger partial charge in [0.15, 0.2) is 0 Å². The molecular formula is C21H27NO3. The molecule has 2 rings (SSSR count). The number of carbonyl (C=O) groups is 1. The zero-order valence-corrected chi connectivity index (χ0v) is 15.3. The molecule has 2 aromatic carbocycles. The molecule has 0 atom stereocenters. The number of benzene rings is 2. The minimum Gasteiger partial charge on any atom is -0.494 e. The van der Waals surface area contributed by atoms with Crippen LogP contribution in [-0.2, 0) is 11.3 Å². The second kappa shape index (κ2) is 9.84. The lowest BCUT2D eigenvalue weighted by Gasteiger charge is -2.13. The molecule has 1 amide bonds. The molecule has 1 N–H and O–H groups in total.